The van der Waals surface area contributed by atoms with Crippen molar-refractivity contribution in [1.82, 2.24) is 0 Å². The van der Waals surface area contributed by atoms with Crippen LogP contribution in [0, 0.1) is 3.57 Å². The summed E-state index contributed by atoms with van der Waals surface area (Å²) in [5.74, 6) is -1.12. The number of hydrogen-bond donors (Lipinski definition) is 0. The van der Waals surface area contributed by atoms with Crippen LogP contribution in [0.25, 0.3) is 0 Å². The molecule has 1 rings (SSSR count). The maximum absolute atomic E-state index is 10.3. The number of halogens is 1. The second kappa shape index (κ2) is 6.01. The fourth-order valence-electron chi connectivity index (χ4n) is 0.627. The van der Waals surface area contributed by atoms with Gasteiger partial charge in [0.2, 0.25) is 0 Å². The number of hydrogen-bond acceptors (Lipinski definition) is 2. The summed E-state index contributed by atoms with van der Waals surface area (Å²) >= 11 is 1.95. The number of carbonyl (C=O) groups excluding carboxylic acids is 1. The number of carboxylic acids is 1. The van der Waals surface area contributed by atoms with E-state index in [0.29, 0.717) is 3.57 Å². The van der Waals surface area contributed by atoms with Crippen LogP contribution < -0.4 is 74.0 Å². The van der Waals surface area contributed by atoms with E-state index < -0.39 is 5.97 Å². The topological polar surface area (TPSA) is 40.1 Å². The zero-order chi connectivity index (χ0) is 7.56. The molecule has 1 aromatic rings. The molecule has 0 spiro atoms. The second-order valence-electron chi connectivity index (χ2n) is 1.77. The van der Waals surface area contributed by atoms with Crippen LogP contribution in [0.5, 0.6) is 0 Å². The molecule has 0 aliphatic rings. The fourth-order valence-corrected chi connectivity index (χ4v) is 1.23. The van der Waals surface area contributed by atoms with Crippen LogP contribution >= 0.6 is 22.6 Å². The van der Waals surface area contributed by atoms with E-state index in [2.05, 4.69) is 0 Å². The molecule has 0 bridgehead atoms. The zero-order valence-electron chi connectivity index (χ0n) is 6.00. The first-order valence-electron chi connectivity index (χ1n) is 2.67. The fraction of sp³-hybridized carbons (Fsp3) is 0. The van der Waals surface area contributed by atoms with Gasteiger partial charge in [-0.05, 0) is 28.7 Å². The molecule has 0 atom stereocenters. The standard InChI is InChI=1S/C7H5IO2.Cs/c8-6-4-2-1-3-5(6)7(9)10;/h1-4H,(H,9,10);/q;+1/p-1. The maximum Gasteiger partial charge on any atom is 1.00 e. The Morgan fingerprint density at radius 2 is 1.91 bits per heavy atom. The molecule has 0 saturated heterocycles. The molecule has 0 fully saturated rings. The predicted molar refractivity (Wildman–Crippen MR) is 43.5 cm³/mol. The predicted octanol–water partition coefficient (Wildman–Crippen LogP) is -2.34. The van der Waals surface area contributed by atoms with Crippen molar-refractivity contribution in [3.8, 4) is 0 Å². The van der Waals surface area contributed by atoms with Gasteiger partial charge < -0.3 is 9.90 Å². The number of rotatable bonds is 1. The van der Waals surface area contributed by atoms with E-state index >= 15 is 0 Å². The smallest absolute Gasteiger partial charge is 0.545 e. The summed E-state index contributed by atoms with van der Waals surface area (Å²) in [6, 6.07) is 6.71. The minimum atomic E-state index is -1.12. The van der Waals surface area contributed by atoms with Crippen LogP contribution in [0.3, 0.4) is 0 Å². The van der Waals surface area contributed by atoms with E-state index in [9.17, 15) is 9.90 Å². The van der Waals surface area contributed by atoms with Crippen LogP contribution in [0.2, 0.25) is 0 Å². The molecule has 0 heterocycles. The molecule has 0 aromatic heterocycles. The van der Waals surface area contributed by atoms with E-state index in [1.54, 1.807) is 18.2 Å². The molecule has 4 heteroatoms. The Morgan fingerprint density at radius 3 is 2.27 bits per heavy atom. The molecule has 0 aliphatic heterocycles. The molecule has 0 aliphatic carbocycles. The summed E-state index contributed by atoms with van der Waals surface area (Å²) in [4.78, 5) is 10.3. The van der Waals surface area contributed by atoms with Crippen molar-refractivity contribution in [2.45, 2.75) is 0 Å². The third-order valence-electron chi connectivity index (χ3n) is 1.09. The number of aromatic carboxylic acids is 1. The number of benzene rings is 1. The molecule has 2 nitrogen and oxygen atoms in total. The Kier molecular flexibility index (Phi) is 6.81. The molecule has 0 N–H and O–H groups in total. The SMILES string of the molecule is O=C([O-])c1ccccc1I.[Cs+]. The van der Waals surface area contributed by atoms with Gasteiger partial charge in [0.15, 0.2) is 0 Å². The Morgan fingerprint density at radius 1 is 1.36 bits per heavy atom. The van der Waals surface area contributed by atoms with Crippen molar-refractivity contribution in [2.75, 3.05) is 0 Å². The normalized spacial score (nSPS) is 8.45. The van der Waals surface area contributed by atoms with Crippen molar-refractivity contribution in [1.29, 1.82) is 0 Å². The summed E-state index contributed by atoms with van der Waals surface area (Å²) in [7, 11) is 0. The van der Waals surface area contributed by atoms with Gasteiger partial charge >= 0.3 is 68.9 Å². The maximum atomic E-state index is 10.3. The third-order valence-corrected chi connectivity index (χ3v) is 2.03. The van der Waals surface area contributed by atoms with Gasteiger partial charge in [0, 0.05) is 9.13 Å². The zero-order valence-corrected chi connectivity index (χ0v) is 14.4. The number of carboxylic acid groups (broad SMARTS) is 1. The van der Waals surface area contributed by atoms with E-state index in [4.69, 9.17) is 0 Å². The quantitative estimate of drug-likeness (QED) is 0.513. The van der Waals surface area contributed by atoms with E-state index in [1.165, 1.54) is 6.07 Å². The van der Waals surface area contributed by atoms with Gasteiger partial charge in [0.25, 0.3) is 0 Å². The molecule has 0 amide bonds. The molecule has 0 radical (unpaired) electrons. The summed E-state index contributed by atoms with van der Waals surface area (Å²) in [5, 5.41) is 10.3. The van der Waals surface area contributed by atoms with Crippen molar-refractivity contribution >= 4 is 28.6 Å². The minimum absolute atomic E-state index is 0. The van der Waals surface area contributed by atoms with Crippen LogP contribution in [0.4, 0.5) is 0 Å². The first kappa shape index (κ1) is 12.5. The molecule has 0 saturated carbocycles. The van der Waals surface area contributed by atoms with Crippen molar-refractivity contribution in [2.24, 2.45) is 0 Å². The second-order valence-corrected chi connectivity index (χ2v) is 2.93. The first-order valence-corrected chi connectivity index (χ1v) is 3.75. The van der Waals surface area contributed by atoms with Gasteiger partial charge in [-0.1, -0.05) is 18.2 Å². The van der Waals surface area contributed by atoms with Gasteiger partial charge in [-0.3, -0.25) is 0 Å². The summed E-state index contributed by atoms with van der Waals surface area (Å²) in [6.07, 6.45) is 0. The Labute approximate surface area is 137 Å². The van der Waals surface area contributed by atoms with Gasteiger partial charge in [0.05, 0.1) is 5.97 Å². The van der Waals surface area contributed by atoms with E-state index in [-0.39, 0.29) is 74.5 Å². The van der Waals surface area contributed by atoms with Gasteiger partial charge in [-0.15, -0.1) is 0 Å². The van der Waals surface area contributed by atoms with Gasteiger partial charge in [0.1, 0.15) is 0 Å². The van der Waals surface area contributed by atoms with Crippen LogP contribution in [-0.2, 0) is 0 Å². The Hall–Kier alpha value is 1.47. The Balaban J connectivity index is 0.000001000. The van der Waals surface area contributed by atoms with E-state index in [0.717, 1.165) is 0 Å². The Bertz CT molecular complexity index is 262. The van der Waals surface area contributed by atoms with Crippen LogP contribution in [-0.4, -0.2) is 5.97 Å². The van der Waals surface area contributed by atoms with Crippen LogP contribution in [0.1, 0.15) is 10.4 Å². The number of carbonyl (C=O) groups is 1. The van der Waals surface area contributed by atoms with Crippen molar-refractivity contribution in [3.63, 3.8) is 0 Å². The molecule has 11 heavy (non-hydrogen) atoms. The minimum Gasteiger partial charge on any atom is -0.545 e. The van der Waals surface area contributed by atoms with E-state index in [1.807, 2.05) is 22.6 Å². The van der Waals surface area contributed by atoms with Gasteiger partial charge in [-0.25, -0.2) is 0 Å². The summed E-state index contributed by atoms with van der Waals surface area (Å²) in [5.41, 5.74) is 0.253. The van der Waals surface area contributed by atoms with Crippen molar-refractivity contribution in [3.05, 3.63) is 33.4 Å². The molecule has 52 valence electrons. The summed E-state index contributed by atoms with van der Waals surface area (Å²) < 4.78 is 0.708. The average Bonchev–Trinajstić information content (AvgIpc) is 1.88. The van der Waals surface area contributed by atoms with Crippen LogP contribution in [0.15, 0.2) is 24.3 Å². The van der Waals surface area contributed by atoms with Gasteiger partial charge in [-0.2, -0.15) is 0 Å². The summed E-state index contributed by atoms with van der Waals surface area (Å²) in [6.45, 7) is 0. The largest absolute Gasteiger partial charge is 1.00 e. The molecular weight excluding hydrogens is 376 g/mol. The molecule has 0 unspecified atom stereocenters. The first-order chi connectivity index (χ1) is 4.72. The molecular formula is C7H4CsIO2. The molecule has 1 aromatic carbocycles. The monoisotopic (exact) mass is 380 g/mol. The van der Waals surface area contributed by atoms with Crippen molar-refractivity contribution < 1.29 is 78.8 Å². The average molecular weight is 380 g/mol. The third kappa shape index (κ3) is 3.79.